The van der Waals surface area contributed by atoms with E-state index in [1.807, 2.05) is 0 Å². The van der Waals surface area contributed by atoms with Gasteiger partial charge in [0.1, 0.15) is 17.3 Å². The molecule has 0 N–H and O–H groups in total. The van der Waals surface area contributed by atoms with Crippen LogP contribution < -0.4 is 4.74 Å². The Morgan fingerprint density at radius 1 is 1.09 bits per heavy atom. The Kier molecular flexibility index (Phi) is 6.75. The fourth-order valence-electron chi connectivity index (χ4n) is 3.58. The van der Waals surface area contributed by atoms with Gasteiger partial charge >= 0.3 is 18.2 Å². The van der Waals surface area contributed by atoms with Gasteiger partial charge in [-0.25, -0.2) is 9.18 Å². The summed E-state index contributed by atoms with van der Waals surface area (Å²) in [6, 6.07) is 7.94. The minimum absolute atomic E-state index is 0.00882. The molecule has 11 heteroatoms. The Balaban J connectivity index is 1.82. The van der Waals surface area contributed by atoms with Crippen molar-refractivity contribution in [3.63, 3.8) is 0 Å². The molecule has 0 bridgehead atoms. The molecule has 2 aromatic carbocycles. The number of amides is 1. The van der Waals surface area contributed by atoms with E-state index in [1.165, 1.54) is 36.3 Å². The number of carbonyl (C=O) groups excluding carboxylic acids is 2. The topological polar surface area (TPSA) is 85.3 Å². The highest BCUT2D eigenvalue weighted by molar-refractivity contribution is 5.76. The van der Waals surface area contributed by atoms with Crippen LogP contribution in [-0.2, 0) is 15.7 Å². The molecule has 1 aliphatic heterocycles. The van der Waals surface area contributed by atoms with E-state index in [9.17, 15) is 32.1 Å². The third-order valence-electron chi connectivity index (χ3n) is 5.16. The van der Waals surface area contributed by atoms with Gasteiger partial charge in [-0.05, 0) is 53.6 Å². The van der Waals surface area contributed by atoms with Crippen molar-refractivity contribution in [3.8, 4) is 5.75 Å². The summed E-state index contributed by atoms with van der Waals surface area (Å²) in [5, 5.41) is 2.74. The van der Waals surface area contributed by atoms with Gasteiger partial charge in [-0.1, -0.05) is 6.07 Å². The maximum absolute atomic E-state index is 14.1. The molecular formula is C21H18F4N2O5. The third-order valence-corrected chi connectivity index (χ3v) is 5.16. The number of nitrogens with zero attached hydrogens (tertiary/aromatic N) is 2. The number of benzene rings is 2. The van der Waals surface area contributed by atoms with Crippen LogP contribution in [0.15, 0.2) is 47.6 Å². The molecule has 32 heavy (non-hydrogen) atoms. The first-order valence-corrected chi connectivity index (χ1v) is 9.47. The second-order valence-electron chi connectivity index (χ2n) is 7.25. The standard InChI is InChI=1S/C21H18F4N2O5/c1-31-19(28)14-8-13(12-2-7-17(18(22)9-12)21(23,24)25)10-27(11-14)20(29)32-16-5-3-15(26-30)4-6-16/h2-7,9,13-14H,8,10-11H2,1H3. The van der Waals surface area contributed by atoms with Crippen molar-refractivity contribution < 1.29 is 36.6 Å². The molecular weight excluding hydrogens is 436 g/mol. The molecule has 1 saturated heterocycles. The molecule has 1 fully saturated rings. The molecule has 0 spiro atoms. The number of carbonyl (C=O) groups is 2. The molecule has 0 radical (unpaired) electrons. The van der Waals surface area contributed by atoms with Gasteiger partial charge < -0.3 is 14.4 Å². The highest BCUT2D eigenvalue weighted by Gasteiger charge is 2.38. The van der Waals surface area contributed by atoms with Crippen molar-refractivity contribution in [3.05, 3.63) is 64.3 Å². The molecule has 0 aromatic heterocycles. The number of methoxy groups -OCH3 is 1. The molecule has 1 aliphatic rings. The minimum Gasteiger partial charge on any atom is -0.469 e. The van der Waals surface area contributed by atoms with Crippen LogP contribution in [0.2, 0.25) is 0 Å². The van der Waals surface area contributed by atoms with E-state index in [4.69, 9.17) is 9.47 Å². The van der Waals surface area contributed by atoms with Crippen LogP contribution in [0.1, 0.15) is 23.5 Å². The van der Waals surface area contributed by atoms with E-state index in [-0.39, 0.29) is 36.5 Å². The number of halogens is 4. The van der Waals surface area contributed by atoms with Crippen LogP contribution in [0, 0.1) is 16.6 Å². The van der Waals surface area contributed by atoms with Gasteiger partial charge in [0.25, 0.3) is 0 Å². The maximum atomic E-state index is 14.1. The first-order valence-electron chi connectivity index (χ1n) is 9.47. The second kappa shape index (κ2) is 9.33. The van der Waals surface area contributed by atoms with Gasteiger partial charge in [-0.2, -0.15) is 13.2 Å². The zero-order valence-corrected chi connectivity index (χ0v) is 16.8. The van der Waals surface area contributed by atoms with Gasteiger partial charge in [0.15, 0.2) is 0 Å². The predicted molar refractivity (Wildman–Crippen MR) is 104 cm³/mol. The van der Waals surface area contributed by atoms with Crippen LogP contribution in [-0.4, -0.2) is 37.2 Å². The lowest BCUT2D eigenvalue weighted by molar-refractivity contribution is -0.147. The van der Waals surface area contributed by atoms with Gasteiger partial charge in [-0.3, -0.25) is 4.79 Å². The van der Waals surface area contributed by atoms with Crippen LogP contribution in [0.5, 0.6) is 5.75 Å². The highest BCUT2D eigenvalue weighted by Crippen LogP contribution is 2.36. The number of ether oxygens (including phenoxy) is 2. The van der Waals surface area contributed by atoms with Crippen molar-refractivity contribution in [1.29, 1.82) is 0 Å². The number of hydrogen-bond donors (Lipinski definition) is 0. The Labute approximate surface area is 179 Å². The SMILES string of the molecule is COC(=O)C1CC(c2ccc(C(F)(F)F)c(F)c2)CN(C(=O)Oc2ccc(N=O)cc2)C1. The lowest BCUT2D eigenvalue weighted by Crippen LogP contribution is -2.46. The Morgan fingerprint density at radius 3 is 2.34 bits per heavy atom. The fourth-order valence-corrected chi connectivity index (χ4v) is 3.58. The quantitative estimate of drug-likeness (QED) is 0.368. The summed E-state index contributed by atoms with van der Waals surface area (Å²) in [7, 11) is 1.18. The second-order valence-corrected chi connectivity index (χ2v) is 7.25. The Bertz CT molecular complexity index is 1010. The number of likely N-dealkylation sites (tertiary alicyclic amines) is 1. The highest BCUT2D eigenvalue weighted by atomic mass is 19.4. The van der Waals surface area contributed by atoms with Gasteiger partial charge in [0.05, 0.1) is 18.6 Å². The van der Waals surface area contributed by atoms with E-state index >= 15 is 0 Å². The minimum atomic E-state index is -4.84. The lowest BCUT2D eigenvalue weighted by Gasteiger charge is -2.36. The molecule has 1 heterocycles. The van der Waals surface area contributed by atoms with Crippen molar-refractivity contribution in [2.24, 2.45) is 11.1 Å². The molecule has 2 aromatic rings. The molecule has 7 nitrogen and oxygen atoms in total. The van der Waals surface area contributed by atoms with Gasteiger partial charge in [0, 0.05) is 19.0 Å². The summed E-state index contributed by atoms with van der Waals surface area (Å²) in [5.41, 5.74) is -1.05. The van der Waals surface area contributed by atoms with Crippen LogP contribution in [0.4, 0.5) is 28.0 Å². The number of rotatable bonds is 4. The van der Waals surface area contributed by atoms with E-state index in [0.29, 0.717) is 6.07 Å². The normalized spacial score (nSPS) is 18.7. The van der Waals surface area contributed by atoms with Crippen molar-refractivity contribution in [2.75, 3.05) is 20.2 Å². The van der Waals surface area contributed by atoms with Crippen molar-refractivity contribution in [2.45, 2.75) is 18.5 Å². The van der Waals surface area contributed by atoms with Gasteiger partial charge in [0.2, 0.25) is 0 Å². The predicted octanol–water partition coefficient (Wildman–Crippen LogP) is 5.02. The van der Waals surface area contributed by atoms with Crippen molar-refractivity contribution in [1.82, 2.24) is 4.90 Å². The zero-order valence-electron chi connectivity index (χ0n) is 16.8. The summed E-state index contributed by atoms with van der Waals surface area (Å²) in [4.78, 5) is 36.5. The summed E-state index contributed by atoms with van der Waals surface area (Å²) < 4.78 is 62.7. The third kappa shape index (κ3) is 5.21. The molecule has 1 amide bonds. The summed E-state index contributed by atoms with van der Waals surface area (Å²) >= 11 is 0. The van der Waals surface area contributed by atoms with E-state index < -0.39 is 41.5 Å². The van der Waals surface area contributed by atoms with E-state index in [2.05, 4.69) is 5.18 Å². The average molecular weight is 454 g/mol. The number of hydrogen-bond acceptors (Lipinski definition) is 6. The summed E-state index contributed by atoms with van der Waals surface area (Å²) in [6.07, 6.45) is -5.50. The van der Waals surface area contributed by atoms with Crippen LogP contribution in [0.3, 0.4) is 0 Å². The van der Waals surface area contributed by atoms with Crippen molar-refractivity contribution >= 4 is 17.7 Å². The molecule has 0 aliphatic carbocycles. The van der Waals surface area contributed by atoms with Gasteiger partial charge in [-0.15, -0.1) is 4.91 Å². The molecule has 0 saturated carbocycles. The Hall–Kier alpha value is -3.50. The number of esters is 1. The molecule has 3 rings (SSSR count). The smallest absolute Gasteiger partial charge is 0.419 e. The number of piperidine rings is 1. The molecule has 2 atom stereocenters. The molecule has 170 valence electrons. The maximum Gasteiger partial charge on any atom is 0.419 e. The average Bonchev–Trinajstić information content (AvgIpc) is 2.77. The monoisotopic (exact) mass is 454 g/mol. The van der Waals surface area contributed by atoms with E-state index in [1.54, 1.807) is 0 Å². The number of alkyl halides is 3. The first-order chi connectivity index (χ1) is 15.1. The molecule has 2 unspecified atom stereocenters. The fraction of sp³-hybridized carbons (Fsp3) is 0.333. The largest absolute Gasteiger partial charge is 0.469 e. The first kappa shape index (κ1) is 23.2. The number of nitroso groups, excluding NO2 is 1. The van der Waals surface area contributed by atoms with Crippen LogP contribution in [0.25, 0.3) is 0 Å². The zero-order chi connectivity index (χ0) is 23.5. The van der Waals surface area contributed by atoms with Crippen LogP contribution >= 0.6 is 0 Å². The summed E-state index contributed by atoms with van der Waals surface area (Å²) in [5.74, 6) is -3.33. The van der Waals surface area contributed by atoms with E-state index in [0.717, 1.165) is 12.1 Å². The Morgan fingerprint density at radius 2 is 1.78 bits per heavy atom. The summed E-state index contributed by atoms with van der Waals surface area (Å²) in [6.45, 7) is -0.0514. The lowest BCUT2D eigenvalue weighted by atomic mass is 9.84.